The van der Waals surface area contributed by atoms with Crippen LogP contribution in [0.5, 0.6) is 0 Å². The second kappa shape index (κ2) is 6.58. The molecule has 16 heavy (non-hydrogen) atoms. The molecular formula is C13H28N2O. The fourth-order valence-corrected chi connectivity index (χ4v) is 2.42. The molecule has 1 aliphatic rings. The van der Waals surface area contributed by atoms with Crippen molar-refractivity contribution in [1.29, 1.82) is 0 Å². The lowest BCUT2D eigenvalue weighted by Gasteiger charge is -2.43. The van der Waals surface area contributed by atoms with Gasteiger partial charge in [-0.05, 0) is 11.8 Å². The lowest BCUT2D eigenvalue weighted by atomic mass is 9.94. The maximum atomic E-state index is 5.21. The molecule has 1 aliphatic heterocycles. The van der Waals surface area contributed by atoms with Gasteiger partial charge in [0, 0.05) is 38.8 Å². The van der Waals surface area contributed by atoms with E-state index >= 15 is 0 Å². The fourth-order valence-electron chi connectivity index (χ4n) is 2.42. The smallest absolute Gasteiger partial charge is 0.0589 e. The molecule has 1 saturated heterocycles. The third-order valence-electron chi connectivity index (χ3n) is 3.65. The summed E-state index contributed by atoms with van der Waals surface area (Å²) in [5.41, 5.74) is 0. The monoisotopic (exact) mass is 228 g/mol. The molecule has 1 N–H and O–H groups in total. The number of hydrogen-bond donors (Lipinski definition) is 1. The third kappa shape index (κ3) is 3.72. The van der Waals surface area contributed by atoms with Crippen molar-refractivity contribution >= 4 is 0 Å². The van der Waals surface area contributed by atoms with Crippen LogP contribution in [0.2, 0.25) is 0 Å². The summed E-state index contributed by atoms with van der Waals surface area (Å²) < 4.78 is 5.21. The Bertz CT molecular complexity index is 194. The molecule has 0 aromatic carbocycles. The van der Waals surface area contributed by atoms with Gasteiger partial charge >= 0.3 is 0 Å². The van der Waals surface area contributed by atoms with Crippen molar-refractivity contribution in [2.75, 3.05) is 33.4 Å². The van der Waals surface area contributed by atoms with E-state index in [0.717, 1.165) is 26.2 Å². The Morgan fingerprint density at radius 3 is 2.44 bits per heavy atom. The first-order valence-corrected chi connectivity index (χ1v) is 6.52. The van der Waals surface area contributed by atoms with E-state index in [-0.39, 0.29) is 0 Å². The van der Waals surface area contributed by atoms with E-state index < -0.39 is 0 Å². The molecular weight excluding hydrogens is 200 g/mol. The van der Waals surface area contributed by atoms with Crippen LogP contribution in [-0.4, -0.2) is 50.3 Å². The van der Waals surface area contributed by atoms with Crippen LogP contribution in [0.3, 0.4) is 0 Å². The van der Waals surface area contributed by atoms with Gasteiger partial charge in [-0.15, -0.1) is 0 Å². The van der Waals surface area contributed by atoms with E-state index in [0.29, 0.717) is 23.9 Å². The van der Waals surface area contributed by atoms with Crippen LogP contribution in [0.15, 0.2) is 0 Å². The highest BCUT2D eigenvalue weighted by molar-refractivity contribution is 4.88. The summed E-state index contributed by atoms with van der Waals surface area (Å²) >= 11 is 0. The molecule has 2 unspecified atom stereocenters. The number of nitrogens with one attached hydrogen (secondary N) is 1. The van der Waals surface area contributed by atoms with Gasteiger partial charge in [0.05, 0.1) is 6.61 Å². The van der Waals surface area contributed by atoms with E-state index in [4.69, 9.17) is 4.74 Å². The number of piperazine rings is 1. The van der Waals surface area contributed by atoms with Gasteiger partial charge in [0.25, 0.3) is 0 Å². The van der Waals surface area contributed by atoms with Crippen molar-refractivity contribution in [2.24, 2.45) is 11.8 Å². The molecule has 0 aromatic heterocycles. The SMILES string of the molecule is COCCN1CC(C(C)C)NCC1C(C)C. The molecule has 0 bridgehead atoms. The topological polar surface area (TPSA) is 24.5 Å². The summed E-state index contributed by atoms with van der Waals surface area (Å²) in [6, 6.07) is 1.29. The first kappa shape index (κ1) is 13.9. The molecule has 96 valence electrons. The van der Waals surface area contributed by atoms with Crippen LogP contribution in [0, 0.1) is 11.8 Å². The van der Waals surface area contributed by atoms with Crippen LogP contribution >= 0.6 is 0 Å². The Kier molecular flexibility index (Phi) is 5.73. The molecule has 1 rings (SSSR count). The van der Waals surface area contributed by atoms with E-state index in [1.807, 2.05) is 0 Å². The zero-order chi connectivity index (χ0) is 12.1. The van der Waals surface area contributed by atoms with Gasteiger partial charge in [0.2, 0.25) is 0 Å². The first-order valence-electron chi connectivity index (χ1n) is 6.52. The molecule has 3 heteroatoms. The lowest BCUT2D eigenvalue weighted by molar-refractivity contribution is 0.0572. The van der Waals surface area contributed by atoms with Crippen molar-refractivity contribution in [1.82, 2.24) is 10.2 Å². The quantitative estimate of drug-likeness (QED) is 0.773. The average Bonchev–Trinajstić information content (AvgIpc) is 2.25. The Balaban J connectivity index is 2.54. The Hall–Kier alpha value is -0.120. The van der Waals surface area contributed by atoms with Gasteiger partial charge in [-0.1, -0.05) is 27.7 Å². The van der Waals surface area contributed by atoms with E-state index in [9.17, 15) is 0 Å². The summed E-state index contributed by atoms with van der Waals surface area (Å²) in [5, 5.41) is 3.67. The molecule has 0 aromatic rings. The standard InChI is InChI=1S/C13H28N2O/c1-10(2)12-9-15(6-7-16-5)13(8-14-12)11(3)4/h10-14H,6-9H2,1-5H3. The molecule has 0 radical (unpaired) electrons. The third-order valence-corrected chi connectivity index (χ3v) is 3.65. The summed E-state index contributed by atoms with van der Waals surface area (Å²) in [7, 11) is 1.78. The van der Waals surface area contributed by atoms with Crippen LogP contribution in [0.25, 0.3) is 0 Å². The predicted octanol–water partition coefficient (Wildman–Crippen LogP) is 1.59. The highest BCUT2D eigenvalue weighted by Gasteiger charge is 2.30. The minimum Gasteiger partial charge on any atom is -0.383 e. The number of rotatable bonds is 5. The minimum atomic E-state index is 0.631. The Morgan fingerprint density at radius 2 is 1.94 bits per heavy atom. The highest BCUT2D eigenvalue weighted by atomic mass is 16.5. The van der Waals surface area contributed by atoms with Gasteiger partial charge < -0.3 is 10.1 Å². The van der Waals surface area contributed by atoms with Crippen molar-refractivity contribution in [3.63, 3.8) is 0 Å². The van der Waals surface area contributed by atoms with Crippen molar-refractivity contribution in [2.45, 2.75) is 39.8 Å². The second-order valence-corrected chi connectivity index (χ2v) is 5.56. The molecule has 2 atom stereocenters. The molecule has 0 spiro atoms. The number of ether oxygens (including phenoxy) is 1. The van der Waals surface area contributed by atoms with Crippen LogP contribution in [0.1, 0.15) is 27.7 Å². The van der Waals surface area contributed by atoms with E-state index in [1.54, 1.807) is 7.11 Å². The fraction of sp³-hybridized carbons (Fsp3) is 1.00. The molecule has 1 heterocycles. The minimum absolute atomic E-state index is 0.631. The zero-order valence-corrected chi connectivity index (χ0v) is 11.5. The Morgan fingerprint density at radius 1 is 1.25 bits per heavy atom. The summed E-state index contributed by atoms with van der Waals surface area (Å²) in [6.07, 6.45) is 0. The van der Waals surface area contributed by atoms with Crippen LogP contribution < -0.4 is 5.32 Å². The van der Waals surface area contributed by atoms with Gasteiger partial charge in [-0.25, -0.2) is 0 Å². The zero-order valence-electron chi connectivity index (χ0n) is 11.5. The molecule has 0 saturated carbocycles. The molecule has 3 nitrogen and oxygen atoms in total. The predicted molar refractivity (Wildman–Crippen MR) is 68.7 cm³/mol. The lowest BCUT2D eigenvalue weighted by Crippen LogP contribution is -2.60. The van der Waals surface area contributed by atoms with E-state index in [1.165, 1.54) is 0 Å². The van der Waals surface area contributed by atoms with Gasteiger partial charge in [-0.2, -0.15) is 0 Å². The highest BCUT2D eigenvalue weighted by Crippen LogP contribution is 2.17. The van der Waals surface area contributed by atoms with E-state index in [2.05, 4.69) is 37.9 Å². The number of hydrogen-bond acceptors (Lipinski definition) is 3. The molecule has 1 fully saturated rings. The van der Waals surface area contributed by atoms with Crippen LogP contribution in [-0.2, 0) is 4.74 Å². The summed E-state index contributed by atoms with van der Waals surface area (Å²) in [4.78, 5) is 2.59. The second-order valence-electron chi connectivity index (χ2n) is 5.56. The first-order chi connectivity index (χ1) is 7.56. The van der Waals surface area contributed by atoms with Gasteiger partial charge in [0.1, 0.15) is 0 Å². The molecule has 0 aliphatic carbocycles. The van der Waals surface area contributed by atoms with Crippen molar-refractivity contribution < 1.29 is 4.74 Å². The normalized spacial score (nSPS) is 27.9. The summed E-state index contributed by atoms with van der Waals surface area (Å²) in [6.45, 7) is 13.4. The van der Waals surface area contributed by atoms with Crippen LogP contribution in [0.4, 0.5) is 0 Å². The number of nitrogens with zero attached hydrogens (tertiary/aromatic N) is 1. The summed E-state index contributed by atoms with van der Waals surface area (Å²) in [5.74, 6) is 1.41. The Labute approximate surface area is 101 Å². The number of methoxy groups -OCH3 is 1. The maximum Gasteiger partial charge on any atom is 0.0589 e. The average molecular weight is 228 g/mol. The van der Waals surface area contributed by atoms with Gasteiger partial charge in [0.15, 0.2) is 0 Å². The molecule has 0 amide bonds. The van der Waals surface area contributed by atoms with Crippen molar-refractivity contribution in [3.05, 3.63) is 0 Å². The van der Waals surface area contributed by atoms with Crippen molar-refractivity contribution in [3.8, 4) is 0 Å². The largest absolute Gasteiger partial charge is 0.383 e. The maximum absolute atomic E-state index is 5.21. The van der Waals surface area contributed by atoms with Gasteiger partial charge in [-0.3, -0.25) is 4.90 Å².